The summed E-state index contributed by atoms with van der Waals surface area (Å²) >= 11 is 0. The number of pyridine rings is 1. The smallest absolute Gasteiger partial charge is 0.173 e. The topological polar surface area (TPSA) is 50.2 Å². The number of carbonyl (C=O) groups is 1. The molecule has 1 saturated carbocycles. The van der Waals surface area contributed by atoms with Crippen LogP contribution in [0.5, 0.6) is 0 Å². The molecule has 0 bridgehead atoms. The molecule has 0 aliphatic heterocycles. The Morgan fingerprint density at radius 1 is 1.33 bits per heavy atom. The monoisotopic (exact) mass is 245 g/mol. The summed E-state index contributed by atoms with van der Waals surface area (Å²) in [6.07, 6.45) is 7.79. The zero-order chi connectivity index (χ0) is 12.6. The van der Waals surface area contributed by atoms with Crippen LogP contribution in [0.3, 0.4) is 0 Å². The Kier molecular flexibility index (Phi) is 2.94. The zero-order valence-corrected chi connectivity index (χ0v) is 10.6. The van der Waals surface area contributed by atoms with Gasteiger partial charge >= 0.3 is 0 Å². The molecule has 1 fully saturated rings. The molecule has 0 spiro atoms. The Bertz CT molecular complexity index is 463. The first-order chi connectivity index (χ1) is 8.71. The van der Waals surface area contributed by atoms with Crippen molar-refractivity contribution in [3.63, 3.8) is 0 Å². The van der Waals surface area contributed by atoms with Crippen molar-refractivity contribution in [1.29, 1.82) is 0 Å². The van der Waals surface area contributed by atoms with Crippen molar-refractivity contribution >= 4 is 5.78 Å². The van der Waals surface area contributed by atoms with Crippen molar-refractivity contribution in [1.82, 2.24) is 4.98 Å². The molecule has 3 heteroatoms. The maximum Gasteiger partial charge on any atom is 0.173 e. The lowest BCUT2D eigenvalue weighted by atomic mass is 9.77. The first-order valence-corrected chi connectivity index (χ1v) is 6.91. The first kappa shape index (κ1) is 11.8. The van der Waals surface area contributed by atoms with Gasteiger partial charge in [-0.25, -0.2) is 0 Å². The molecule has 2 aliphatic carbocycles. The van der Waals surface area contributed by atoms with E-state index in [4.69, 9.17) is 0 Å². The molecule has 1 aromatic heterocycles. The van der Waals surface area contributed by atoms with Gasteiger partial charge in [-0.15, -0.1) is 0 Å². The average Bonchev–Trinajstić information content (AvgIpc) is 2.82. The predicted molar refractivity (Wildman–Crippen MR) is 68.3 cm³/mol. The summed E-state index contributed by atoms with van der Waals surface area (Å²) in [4.78, 5) is 17.0. The number of fused-ring (bicyclic) bond motifs is 1. The first-order valence-electron chi connectivity index (χ1n) is 6.91. The normalized spacial score (nSPS) is 25.7. The van der Waals surface area contributed by atoms with E-state index in [1.165, 1.54) is 5.56 Å². The van der Waals surface area contributed by atoms with Crippen LogP contribution in [0.2, 0.25) is 0 Å². The summed E-state index contributed by atoms with van der Waals surface area (Å²) in [5.74, 6) is -0.163. The number of aromatic nitrogens is 1. The van der Waals surface area contributed by atoms with Crippen LogP contribution < -0.4 is 0 Å². The van der Waals surface area contributed by atoms with E-state index >= 15 is 0 Å². The fourth-order valence-electron chi connectivity index (χ4n) is 3.38. The van der Waals surface area contributed by atoms with Gasteiger partial charge in [-0.3, -0.25) is 9.78 Å². The van der Waals surface area contributed by atoms with Crippen molar-refractivity contribution in [3.05, 3.63) is 29.6 Å². The SMILES string of the molecule is O=C(C1CCc2cccnc21)C1(O)CCCCC1. The molecule has 0 amide bonds. The number of Topliss-reactive ketones (excluding diaryl/α,β-unsaturated/α-hetero) is 1. The van der Waals surface area contributed by atoms with Gasteiger partial charge in [0, 0.05) is 6.20 Å². The molecular weight excluding hydrogens is 226 g/mol. The van der Waals surface area contributed by atoms with Crippen molar-refractivity contribution in [2.45, 2.75) is 56.5 Å². The largest absolute Gasteiger partial charge is 0.382 e. The number of hydrogen-bond donors (Lipinski definition) is 1. The molecule has 1 N–H and O–H groups in total. The average molecular weight is 245 g/mol. The molecule has 1 atom stereocenters. The molecule has 0 aromatic carbocycles. The van der Waals surface area contributed by atoms with Gasteiger partial charge in [0.1, 0.15) is 5.60 Å². The molecule has 18 heavy (non-hydrogen) atoms. The number of nitrogens with zero attached hydrogens (tertiary/aromatic N) is 1. The van der Waals surface area contributed by atoms with E-state index in [0.29, 0.717) is 12.8 Å². The minimum Gasteiger partial charge on any atom is -0.382 e. The molecular formula is C15H19NO2. The standard InChI is InChI=1S/C15H19NO2/c17-14(15(18)8-2-1-3-9-15)12-7-6-11-5-4-10-16-13(11)12/h4-5,10,12,18H,1-3,6-9H2. The third-order valence-electron chi connectivity index (χ3n) is 4.41. The number of rotatable bonds is 2. The Morgan fingerprint density at radius 3 is 2.89 bits per heavy atom. The van der Waals surface area contributed by atoms with Crippen molar-refractivity contribution in [2.24, 2.45) is 0 Å². The second kappa shape index (κ2) is 4.47. The summed E-state index contributed by atoms with van der Waals surface area (Å²) in [6, 6.07) is 3.96. The van der Waals surface area contributed by atoms with Crippen LogP contribution in [0, 0.1) is 0 Å². The molecule has 2 aliphatic rings. The minimum absolute atomic E-state index is 0.0136. The maximum atomic E-state index is 12.6. The lowest BCUT2D eigenvalue weighted by Crippen LogP contribution is -2.43. The number of carbonyl (C=O) groups excluding carboxylic acids is 1. The zero-order valence-electron chi connectivity index (χ0n) is 10.6. The van der Waals surface area contributed by atoms with E-state index in [1.807, 2.05) is 12.1 Å². The highest BCUT2D eigenvalue weighted by Gasteiger charge is 2.43. The van der Waals surface area contributed by atoms with Gasteiger partial charge in [-0.05, 0) is 37.3 Å². The highest BCUT2D eigenvalue weighted by molar-refractivity contribution is 5.93. The minimum atomic E-state index is -1.08. The Morgan fingerprint density at radius 2 is 2.11 bits per heavy atom. The summed E-state index contributed by atoms with van der Waals surface area (Å²) < 4.78 is 0. The summed E-state index contributed by atoms with van der Waals surface area (Å²) in [7, 11) is 0. The highest BCUT2D eigenvalue weighted by atomic mass is 16.3. The Labute approximate surface area is 107 Å². The second-order valence-corrected chi connectivity index (χ2v) is 5.60. The lowest BCUT2D eigenvalue weighted by Gasteiger charge is -2.32. The van der Waals surface area contributed by atoms with Gasteiger partial charge in [0.15, 0.2) is 5.78 Å². The van der Waals surface area contributed by atoms with Crippen LogP contribution >= 0.6 is 0 Å². The van der Waals surface area contributed by atoms with Crippen LogP contribution in [0.15, 0.2) is 18.3 Å². The van der Waals surface area contributed by atoms with Gasteiger partial charge in [0.2, 0.25) is 0 Å². The molecule has 96 valence electrons. The fraction of sp³-hybridized carbons (Fsp3) is 0.600. The van der Waals surface area contributed by atoms with Crippen molar-refractivity contribution < 1.29 is 9.90 Å². The number of aryl methyl sites for hydroxylation is 1. The summed E-state index contributed by atoms with van der Waals surface area (Å²) in [5.41, 5.74) is 0.999. The highest BCUT2D eigenvalue weighted by Crippen LogP contribution is 2.39. The van der Waals surface area contributed by atoms with Gasteiger partial charge in [-0.2, -0.15) is 0 Å². The maximum absolute atomic E-state index is 12.6. The van der Waals surface area contributed by atoms with Gasteiger partial charge in [-0.1, -0.05) is 25.3 Å². The lowest BCUT2D eigenvalue weighted by molar-refractivity contribution is -0.142. The van der Waals surface area contributed by atoms with E-state index in [9.17, 15) is 9.90 Å². The molecule has 3 rings (SSSR count). The summed E-state index contributed by atoms with van der Waals surface area (Å²) in [5, 5.41) is 10.5. The third-order valence-corrected chi connectivity index (χ3v) is 4.41. The number of ketones is 1. The third kappa shape index (κ3) is 1.87. The Hall–Kier alpha value is -1.22. The summed E-state index contributed by atoms with van der Waals surface area (Å²) in [6.45, 7) is 0. The van der Waals surface area contributed by atoms with E-state index in [2.05, 4.69) is 4.98 Å². The van der Waals surface area contributed by atoms with Crippen molar-refractivity contribution in [2.75, 3.05) is 0 Å². The fourth-order valence-corrected chi connectivity index (χ4v) is 3.38. The molecule has 1 unspecified atom stereocenters. The van der Waals surface area contributed by atoms with Crippen LogP contribution in [0.25, 0.3) is 0 Å². The van der Waals surface area contributed by atoms with Gasteiger partial charge < -0.3 is 5.11 Å². The van der Waals surface area contributed by atoms with Crippen molar-refractivity contribution in [3.8, 4) is 0 Å². The Balaban J connectivity index is 1.86. The molecule has 0 radical (unpaired) electrons. The molecule has 1 heterocycles. The molecule has 0 saturated heterocycles. The molecule has 3 nitrogen and oxygen atoms in total. The predicted octanol–water partition coefficient (Wildman–Crippen LogP) is 2.38. The van der Waals surface area contributed by atoms with E-state index in [0.717, 1.165) is 37.8 Å². The number of aliphatic hydroxyl groups is 1. The second-order valence-electron chi connectivity index (χ2n) is 5.60. The number of hydrogen-bond acceptors (Lipinski definition) is 3. The van der Waals surface area contributed by atoms with E-state index in [-0.39, 0.29) is 11.7 Å². The van der Waals surface area contributed by atoms with Crippen LogP contribution in [-0.2, 0) is 11.2 Å². The van der Waals surface area contributed by atoms with E-state index < -0.39 is 5.60 Å². The van der Waals surface area contributed by atoms with Gasteiger partial charge in [0.05, 0.1) is 11.6 Å². The van der Waals surface area contributed by atoms with Crippen LogP contribution in [0.4, 0.5) is 0 Å². The van der Waals surface area contributed by atoms with Gasteiger partial charge in [0.25, 0.3) is 0 Å². The van der Waals surface area contributed by atoms with Crippen LogP contribution in [0.1, 0.15) is 55.7 Å². The van der Waals surface area contributed by atoms with E-state index in [1.54, 1.807) is 6.20 Å². The quantitative estimate of drug-likeness (QED) is 0.870. The molecule has 1 aromatic rings. The van der Waals surface area contributed by atoms with Crippen LogP contribution in [-0.4, -0.2) is 21.5 Å².